The lowest BCUT2D eigenvalue weighted by Crippen LogP contribution is -2.14. The van der Waals surface area contributed by atoms with Gasteiger partial charge in [-0.1, -0.05) is 12.1 Å². The molecular formula is C24H23N7O. The maximum absolute atomic E-state index is 13.0. The Kier molecular flexibility index (Phi) is 4.38. The van der Waals surface area contributed by atoms with E-state index in [2.05, 4.69) is 36.2 Å². The minimum atomic E-state index is -0.257. The molecule has 2 aliphatic carbocycles. The molecule has 8 heteroatoms. The van der Waals surface area contributed by atoms with E-state index in [0.717, 1.165) is 41.4 Å². The maximum Gasteiger partial charge on any atom is 0.274 e. The molecule has 1 N–H and O–H groups in total. The molecule has 1 aromatic carbocycles. The molecule has 3 heterocycles. The number of anilines is 1. The average molecular weight is 425 g/mol. The zero-order chi connectivity index (χ0) is 21.7. The summed E-state index contributed by atoms with van der Waals surface area (Å²) in [5.74, 6) is 2.06. The van der Waals surface area contributed by atoms with Crippen LogP contribution in [0.5, 0.6) is 0 Å². The number of imidazole rings is 1. The third-order valence-electron chi connectivity index (χ3n) is 6.04. The van der Waals surface area contributed by atoms with Crippen LogP contribution in [-0.4, -0.2) is 35.2 Å². The summed E-state index contributed by atoms with van der Waals surface area (Å²) in [6.45, 7) is 1.98. The van der Waals surface area contributed by atoms with Gasteiger partial charge < -0.3 is 14.5 Å². The van der Waals surface area contributed by atoms with Crippen LogP contribution in [0.15, 0.2) is 55.1 Å². The zero-order valence-electron chi connectivity index (χ0n) is 17.8. The molecule has 0 unspecified atom stereocenters. The summed E-state index contributed by atoms with van der Waals surface area (Å²) in [6, 6.07) is 11.9. The molecule has 160 valence electrons. The number of aromatic nitrogens is 6. The van der Waals surface area contributed by atoms with Crippen LogP contribution in [0, 0.1) is 6.92 Å². The van der Waals surface area contributed by atoms with Gasteiger partial charge in [0.2, 0.25) is 0 Å². The summed E-state index contributed by atoms with van der Waals surface area (Å²) < 4.78 is 4.13. The quantitative estimate of drug-likeness (QED) is 0.497. The minimum absolute atomic E-state index is 0.257. The number of hydrogen-bond donors (Lipinski definition) is 1. The van der Waals surface area contributed by atoms with E-state index in [0.29, 0.717) is 23.3 Å². The number of carbonyl (C=O) groups is 1. The maximum atomic E-state index is 13.0. The van der Waals surface area contributed by atoms with Crippen molar-refractivity contribution in [2.24, 2.45) is 0 Å². The van der Waals surface area contributed by atoms with Gasteiger partial charge in [0.25, 0.3) is 5.91 Å². The Hall–Kier alpha value is -3.81. The summed E-state index contributed by atoms with van der Waals surface area (Å²) in [5, 5.41) is 11.3. The van der Waals surface area contributed by atoms with Crippen molar-refractivity contribution in [3.8, 4) is 17.1 Å². The van der Waals surface area contributed by atoms with Crippen molar-refractivity contribution in [1.82, 2.24) is 29.3 Å². The Bertz CT molecular complexity index is 1310. The highest BCUT2D eigenvalue weighted by Crippen LogP contribution is 2.40. The highest BCUT2D eigenvalue weighted by Gasteiger charge is 2.27. The Morgan fingerprint density at radius 1 is 1.12 bits per heavy atom. The van der Waals surface area contributed by atoms with E-state index in [4.69, 9.17) is 0 Å². The van der Waals surface area contributed by atoms with Gasteiger partial charge in [0, 0.05) is 35.6 Å². The van der Waals surface area contributed by atoms with E-state index in [1.165, 1.54) is 12.8 Å². The molecule has 2 fully saturated rings. The monoisotopic (exact) mass is 425 g/mol. The van der Waals surface area contributed by atoms with Crippen molar-refractivity contribution in [2.75, 3.05) is 5.32 Å². The number of carbonyl (C=O) groups excluding carboxylic acids is 1. The van der Waals surface area contributed by atoms with Gasteiger partial charge in [-0.25, -0.2) is 4.98 Å². The fraction of sp³-hybridized carbons (Fsp3) is 0.292. The van der Waals surface area contributed by atoms with Crippen molar-refractivity contribution in [1.29, 1.82) is 0 Å². The molecule has 1 amide bonds. The smallest absolute Gasteiger partial charge is 0.274 e. The van der Waals surface area contributed by atoms with Crippen LogP contribution >= 0.6 is 0 Å². The van der Waals surface area contributed by atoms with Gasteiger partial charge in [-0.2, -0.15) is 0 Å². The van der Waals surface area contributed by atoms with E-state index < -0.39 is 0 Å². The van der Waals surface area contributed by atoms with Crippen molar-refractivity contribution >= 4 is 11.6 Å². The summed E-state index contributed by atoms with van der Waals surface area (Å²) in [7, 11) is 0. The number of pyridine rings is 1. The zero-order valence-corrected chi connectivity index (χ0v) is 17.8. The molecule has 6 rings (SSSR count). The van der Waals surface area contributed by atoms with Gasteiger partial charge in [-0.15, -0.1) is 10.2 Å². The van der Waals surface area contributed by atoms with Gasteiger partial charge in [0.15, 0.2) is 5.82 Å². The van der Waals surface area contributed by atoms with E-state index in [-0.39, 0.29) is 5.91 Å². The summed E-state index contributed by atoms with van der Waals surface area (Å²) in [6.07, 6.45) is 10.2. The molecule has 2 aliphatic rings. The average Bonchev–Trinajstić information content (AvgIpc) is 3.75. The molecule has 0 aliphatic heterocycles. The van der Waals surface area contributed by atoms with Crippen molar-refractivity contribution < 1.29 is 4.79 Å². The van der Waals surface area contributed by atoms with Gasteiger partial charge in [-0.05, 0) is 56.9 Å². The first-order chi connectivity index (χ1) is 15.7. The molecule has 0 radical (unpaired) electrons. The molecule has 2 saturated carbocycles. The number of benzene rings is 1. The summed E-state index contributed by atoms with van der Waals surface area (Å²) in [5.41, 5.74) is 3.99. The molecule has 4 aromatic rings. The van der Waals surface area contributed by atoms with Crippen molar-refractivity contribution in [3.63, 3.8) is 0 Å². The molecule has 3 aromatic heterocycles. The number of amides is 1. The van der Waals surface area contributed by atoms with Crippen LogP contribution in [0.3, 0.4) is 0 Å². The number of aryl methyl sites for hydroxylation is 1. The topological polar surface area (TPSA) is 90.5 Å². The van der Waals surface area contributed by atoms with Gasteiger partial charge in [-0.3, -0.25) is 9.78 Å². The fourth-order valence-electron chi connectivity index (χ4n) is 4.03. The summed E-state index contributed by atoms with van der Waals surface area (Å²) >= 11 is 0. The Morgan fingerprint density at radius 3 is 2.81 bits per heavy atom. The highest BCUT2D eigenvalue weighted by atomic mass is 16.1. The lowest BCUT2D eigenvalue weighted by molar-refractivity contribution is 0.102. The second-order valence-electron chi connectivity index (χ2n) is 8.58. The molecule has 0 atom stereocenters. The Labute approximate surface area is 185 Å². The molecule has 0 bridgehead atoms. The Morgan fingerprint density at radius 2 is 2.00 bits per heavy atom. The second-order valence-corrected chi connectivity index (χ2v) is 8.58. The number of nitrogens with zero attached hydrogens (tertiary/aromatic N) is 6. The number of rotatable bonds is 6. The first-order valence-electron chi connectivity index (χ1n) is 11.0. The number of hydrogen-bond acceptors (Lipinski definition) is 5. The van der Waals surface area contributed by atoms with E-state index >= 15 is 0 Å². The minimum Gasteiger partial charge on any atom is -0.321 e. The highest BCUT2D eigenvalue weighted by molar-refractivity contribution is 6.03. The van der Waals surface area contributed by atoms with Crippen molar-refractivity contribution in [3.05, 3.63) is 72.3 Å². The number of nitrogens with one attached hydrogen (secondary N) is 1. The predicted octanol–water partition coefficient (Wildman–Crippen LogP) is 4.30. The predicted molar refractivity (Wildman–Crippen MR) is 120 cm³/mol. The SMILES string of the molecule is Cc1nc(C2CC2)cn1-c1ccnc(C(=O)Nc2cccc(-c3nncn3C3CC3)c2)c1. The lowest BCUT2D eigenvalue weighted by atomic mass is 10.2. The molecule has 0 spiro atoms. The van der Waals surface area contributed by atoms with Crippen LogP contribution in [0.4, 0.5) is 5.69 Å². The van der Waals surface area contributed by atoms with E-state index in [9.17, 15) is 4.79 Å². The van der Waals surface area contributed by atoms with Gasteiger partial charge in [0.1, 0.15) is 17.8 Å². The molecule has 0 saturated heterocycles. The van der Waals surface area contributed by atoms with Crippen LogP contribution < -0.4 is 5.32 Å². The summed E-state index contributed by atoms with van der Waals surface area (Å²) in [4.78, 5) is 21.9. The first-order valence-corrected chi connectivity index (χ1v) is 11.0. The van der Waals surface area contributed by atoms with E-state index in [1.54, 1.807) is 18.6 Å². The third-order valence-corrected chi connectivity index (χ3v) is 6.04. The van der Waals surface area contributed by atoms with Crippen LogP contribution in [0.1, 0.15) is 59.6 Å². The van der Waals surface area contributed by atoms with Crippen LogP contribution in [0.25, 0.3) is 17.1 Å². The lowest BCUT2D eigenvalue weighted by Gasteiger charge is -2.10. The van der Waals surface area contributed by atoms with Crippen LogP contribution in [0.2, 0.25) is 0 Å². The van der Waals surface area contributed by atoms with E-state index in [1.807, 2.05) is 41.8 Å². The van der Waals surface area contributed by atoms with Crippen LogP contribution in [-0.2, 0) is 0 Å². The largest absolute Gasteiger partial charge is 0.321 e. The molecular weight excluding hydrogens is 402 g/mol. The normalized spacial score (nSPS) is 15.7. The first kappa shape index (κ1) is 18.9. The van der Waals surface area contributed by atoms with Gasteiger partial charge >= 0.3 is 0 Å². The molecule has 8 nitrogen and oxygen atoms in total. The standard InChI is InChI=1S/C24H23N7O/c1-15-27-22(16-5-6-16)13-30(15)20-9-10-25-21(12-20)24(32)28-18-4-2-3-17(11-18)23-29-26-14-31(23)19-7-8-19/h2-4,9-14,16,19H,5-8H2,1H3,(H,28,32). The molecule has 32 heavy (non-hydrogen) atoms. The fourth-order valence-corrected chi connectivity index (χ4v) is 4.03. The third kappa shape index (κ3) is 3.57. The van der Waals surface area contributed by atoms with Crippen molar-refractivity contribution in [2.45, 2.75) is 44.6 Å². The Balaban J connectivity index is 1.24. The van der Waals surface area contributed by atoms with Gasteiger partial charge in [0.05, 0.1) is 11.4 Å². The second kappa shape index (κ2) is 7.40.